The van der Waals surface area contributed by atoms with Crippen LogP contribution in [-0.4, -0.2) is 46.9 Å². The Morgan fingerprint density at radius 3 is 2.84 bits per heavy atom. The van der Waals surface area contributed by atoms with Crippen LogP contribution in [0.25, 0.3) is 10.2 Å². The van der Waals surface area contributed by atoms with Crippen molar-refractivity contribution in [1.82, 2.24) is 20.5 Å². The van der Waals surface area contributed by atoms with Crippen molar-refractivity contribution in [2.24, 2.45) is 0 Å². The van der Waals surface area contributed by atoms with Crippen LogP contribution >= 0.6 is 11.3 Å². The minimum Gasteiger partial charge on any atom is -0.497 e. The highest BCUT2D eigenvalue weighted by atomic mass is 32.1. The Kier molecular flexibility index (Phi) is 4.49. The highest BCUT2D eigenvalue weighted by Crippen LogP contribution is 2.29. The fourth-order valence-corrected chi connectivity index (χ4v) is 4.53. The maximum Gasteiger partial charge on any atom is 0.323 e. The lowest BCUT2D eigenvalue weighted by molar-refractivity contribution is -0.122. The number of benzene rings is 2. The number of rotatable bonds is 3. The van der Waals surface area contributed by atoms with Gasteiger partial charge in [-0.1, -0.05) is 29.2 Å². The maximum absolute atomic E-state index is 13.0. The van der Waals surface area contributed by atoms with Crippen molar-refractivity contribution in [2.75, 3.05) is 19.4 Å². The Morgan fingerprint density at radius 1 is 1.25 bits per heavy atom. The summed E-state index contributed by atoms with van der Waals surface area (Å²) in [5.41, 5.74) is 6.81. The number of ether oxygens (including phenoxy) is 1. The largest absolute Gasteiger partial charge is 0.497 e. The summed E-state index contributed by atoms with van der Waals surface area (Å²) in [7, 11) is 1.53. The Morgan fingerprint density at radius 2 is 2.09 bits per heavy atom. The first kappa shape index (κ1) is 19.8. The predicted molar refractivity (Wildman–Crippen MR) is 118 cm³/mol. The zero-order valence-electron chi connectivity index (χ0n) is 16.9. The fraction of sp³-hybridized carbons (Fsp3) is 0.182. The van der Waals surface area contributed by atoms with Crippen LogP contribution in [0.3, 0.4) is 0 Å². The van der Waals surface area contributed by atoms with Crippen molar-refractivity contribution in [1.29, 1.82) is 0 Å². The number of methoxy groups -OCH3 is 1. The lowest BCUT2D eigenvalue weighted by atomic mass is 9.99. The number of nitrogens with one attached hydrogen (secondary N) is 2. The molecule has 10 heteroatoms. The number of nitrogens with two attached hydrogens (primary N) is 1. The molecule has 160 valence electrons. The molecule has 2 aliphatic rings. The summed E-state index contributed by atoms with van der Waals surface area (Å²) >= 11 is 1.37. The predicted octanol–water partition coefficient (Wildman–Crippen LogP) is 1.47. The molecule has 0 aliphatic carbocycles. The normalized spacial score (nSPS) is 19.4. The zero-order chi connectivity index (χ0) is 22.5. The number of fused-ring (bicyclic) bond motifs is 2. The number of aromatic nitrogens is 1. The smallest absolute Gasteiger partial charge is 0.323 e. The van der Waals surface area contributed by atoms with Gasteiger partial charge in [-0.05, 0) is 35.9 Å². The van der Waals surface area contributed by atoms with E-state index in [0.717, 1.165) is 10.3 Å². The van der Waals surface area contributed by atoms with Crippen molar-refractivity contribution in [3.8, 4) is 17.6 Å². The second-order valence-corrected chi connectivity index (χ2v) is 8.54. The molecule has 0 spiro atoms. The van der Waals surface area contributed by atoms with Crippen molar-refractivity contribution in [3.63, 3.8) is 0 Å². The van der Waals surface area contributed by atoms with Gasteiger partial charge in [0.2, 0.25) is 5.54 Å². The third-order valence-electron chi connectivity index (χ3n) is 5.39. The van der Waals surface area contributed by atoms with Gasteiger partial charge < -0.3 is 20.7 Å². The molecule has 0 radical (unpaired) electrons. The maximum atomic E-state index is 13.0. The monoisotopic (exact) mass is 447 g/mol. The minimum absolute atomic E-state index is 0.0979. The number of nitrogen functional groups attached to an aromatic ring is 1. The molecule has 1 aromatic heterocycles. The van der Waals surface area contributed by atoms with E-state index in [2.05, 4.69) is 27.5 Å². The zero-order valence-corrected chi connectivity index (χ0v) is 17.7. The lowest BCUT2D eigenvalue weighted by Crippen LogP contribution is -2.54. The van der Waals surface area contributed by atoms with Crippen molar-refractivity contribution < 1.29 is 19.1 Å². The van der Waals surface area contributed by atoms with Gasteiger partial charge in [0.05, 0.1) is 23.9 Å². The quantitative estimate of drug-likeness (QED) is 0.412. The van der Waals surface area contributed by atoms with E-state index in [-0.39, 0.29) is 12.5 Å². The third-order valence-corrected chi connectivity index (χ3v) is 6.26. The van der Waals surface area contributed by atoms with Gasteiger partial charge in [-0.25, -0.2) is 9.78 Å². The van der Waals surface area contributed by atoms with Gasteiger partial charge in [-0.2, -0.15) is 0 Å². The van der Waals surface area contributed by atoms with E-state index < -0.39 is 17.5 Å². The van der Waals surface area contributed by atoms with E-state index in [4.69, 9.17) is 10.5 Å². The van der Waals surface area contributed by atoms with Gasteiger partial charge >= 0.3 is 6.03 Å². The minimum atomic E-state index is -1.57. The molecule has 0 unspecified atom stereocenters. The highest BCUT2D eigenvalue weighted by Gasteiger charge is 2.48. The summed E-state index contributed by atoms with van der Waals surface area (Å²) in [6.45, 7) is 0.202. The van der Waals surface area contributed by atoms with Gasteiger partial charge in [0.15, 0.2) is 5.13 Å². The van der Waals surface area contributed by atoms with Gasteiger partial charge in [-0.3, -0.25) is 14.9 Å². The molecule has 1 saturated heterocycles. The third kappa shape index (κ3) is 3.29. The summed E-state index contributed by atoms with van der Waals surface area (Å²) in [6, 6.07) is 10.00. The SMILES string of the molecule is COc1ccc2c(c1)C(=O)N(C[C@@]1(C#Cc3ccc4sc(N)nc4c3)NC(=O)NC1=O)C2. The Balaban J connectivity index is 1.47. The van der Waals surface area contributed by atoms with Gasteiger partial charge in [-0.15, -0.1) is 0 Å². The number of carbonyl (C=O) groups is 3. The molecule has 2 aromatic carbocycles. The number of hydrogen-bond donors (Lipinski definition) is 3. The van der Waals surface area contributed by atoms with Crippen molar-refractivity contribution in [3.05, 3.63) is 53.1 Å². The second-order valence-electron chi connectivity index (χ2n) is 7.48. The molecule has 1 atom stereocenters. The number of carbonyl (C=O) groups excluding carboxylic acids is 3. The second kappa shape index (κ2) is 7.25. The number of hydrogen-bond acceptors (Lipinski definition) is 7. The summed E-state index contributed by atoms with van der Waals surface area (Å²) in [5.74, 6) is 5.55. The average Bonchev–Trinajstić information content (AvgIpc) is 3.38. The van der Waals surface area contributed by atoms with E-state index in [1.54, 1.807) is 24.3 Å². The molecule has 0 saturated carbocycles. The number of nitrogens with zero attached hydrogens (tertiary/aromatic N) is 2. The van der Waals surface area contributed by atoms with Crippen molar-refractivity contribution in [2.45, 2.75) is 12.1 Å². The van der Waals surface area contributed by atoms with Gasteiger partial charge in [0.25, 0.3) is 11.8 Å². The number of urea groups is 1. The van der Waals surface area contributed by atoms with Crippen LogP contribution in [0.5, 0.6) is 5.75 Å². The number of thiazole rings is 1. The molecule has 9 nitrogen and oxygen atoms in total. The molecule has 3 heterocycles. The number of anilines is 1. The van der Waals surface area contributed by atoms with Crippen LogP contribution in [0.4, 0.5) is 9.93 Å². The van der Waals surface area contributed by atoms with Crippen LogP contribution in [0, 0.1) is 11.8 Å². The first-order valence-corrected chi connectivity index (χ1v) is 10.5. The van der Waals surface area contributed by atoms with Gasteiger partial charge in [0.1, 0.15) is 5.75 Å². The topological polar surface area (TPSA) is 127 Å². The molecule has 4 amide bonds. The van der Waals surface area contributed by atoms with E-state index in [1.165, 1.54) is 23.3 Å². The van der Waals surface area contributed by atoms with Crippen molar-refractivity contribution >= 4 is 44.5 Å². The Bertz CT molecular complexity index is 1370. The van der Waals surface area contributed by atoms with Crippen LogP contribution in [0.2, 0.25) is 0 Å². The Labute approximate surface area is 186 Å². The summed E-state index contributed by atoms with van der Waals surface area (Å²) < 4.78 is 6.12. The van der Waals surface area contributed by atoms with Crippen LogP contribution in [-0.2, 0) is 11.3 Å². The molecule has 1 fully saturated rings. The molecular weight excluding hydrogens is 430 g/mol. The molecule has 32 heavy (non-hydrogen) atoms. The molecular formula is C22H17N5O4S. The van der Waals surface area contributed by atoms with E-state index in [1.807, 2.05) is 12.1 Å². The van der Waals surface area contributed by atoms with Gasteiger partial charge in [0, 0.05) is 17.7 Å². The fourth-order valence-electron chi connectivity index (χ4n) is 3.81. The number of amides is 4. The van der Waals surface area contributed by atoms with E-state index in [9.17, 15) is 14.4 Å². The van der Waals surface area contributed by atoms with E-state index >= 15 is 0 Å². The first-order valence-electron chi connectivity index (χ1n) is 9.66. The summed E-state index contributed by atoms with van der Waals surface area (Å²) in [4.78, 5) is 43.4. The summed E-state index contributed by atoms with van der Waals surface area (Å²) in [6.07, 6.45) is 0. The average molecular weight is 447 g/mol. The lowest BCUT2D eigenvalue weighted by Gasteiger charge is -2.26. The molecule has 2 aliphatic heterocycles. The molecule has 0 bridgehead atoms. The highest BCUT2D eigenvalue weighted by molar-refractivity contribution is 7.22. The first-order chi connectivity index (χ1) is 15.4. The van der Waals surface area contributed by atoms with Crippen LogP contribution in [0.1, 0.15) is 21.5 Å². The number of imide groups is 1. The van der Waals surface area contributed by atoms with Crippen LogP contribution < -0.4 is 21.1 Å². The Hall–Kier alpha value is -4.10. The van der Waals surface area contributed by atoms with E-state index in [0.29, 0.717) is 34.1 Å². The van der Waals surface area contributed by atoms with Crippen LogP contribution in [0.15, 0.2) is 36.4 Å². The standard InChI is InChI=1S/C22H17N5O4S/c1-31-14-4-3-13-10-27(18(28)15(13)9-14)11-22(19(29)25-21(30)26-22)7-6-12-2-5-17-16(8-12)24-20(23)32-17/h2-5,8-9H,10-11H2,1H3,(H2,23,24)(H2,25,26,29,30)/t22-/m1/s1. The summed E-state index contributed by atoms with van der Waals surface area (Å²) in [5, 5.41) is 5.28. The molecule has 3 aromatic rings. The molecule has 4 N–H and O–H groups in total. The molecule has 5 rings (SSSR count).